The van der Waals surface area contributed by atoms with Gasteiger partial charge in [-0.25, -0.2) is 0 Å². The lowest BCUT2D eigenvalue weighted by molar-refractivity contribution is -0.0819. The van der Waals surface area contributed by atoms with Crippen LogP contribution in [0.4, 0.5) is 0 Å². The minimum Gasteiger partial charge on any atom is -0.466 e. The van der Waals surface area contributed by atoms with Crippen LogP contribution in [0.5, 0.6) is 0 Å². The van der Waals surface area contributed by atoms with E-state index in [1.165, 1.54) is 0 Å². The molecule has 0 unspecified atom stereocenters. The highest BCUT2D eigenvalue weighted by Crippen LogP contribution is 2.39. The molecule has 0 spiro atoms. The molecule has 2 rings (SSSR count). The maximum atomic E-state index is 6.08. The van der Waals surface area contributed by atoms with Gasteiger partial charge in [-0.2, -0.15) is 0 Å². The van der Waals surface area contributed by atoms with Crippen LogP contribution in [0.1, 0.15) is 31.8 Å². The molecule has 1 aromatic rings. The molecule has 1 aromatic heterocycles. The Morgan fingerprint density at radius 1 is 1.40 bits per heavy atom. The van der Waals surface area contributed by atoms with E-state index in [4.69, 9.17) is 14.9 Å². The SMILES string of the molecule is Cc1ccc(C2(CC(C)(C)N)COC2)o1. The van der Waals surface area contributed by atoms with Gasteiger partial charge in [-0.1, -0.05) is 0 Å². The quantitative estimate of drug-likeness (QED) is 0.828. The molecule has 15 heavy (non-hydrogen) atoms. The highest BCUT2D eigenvalue weighted by Gasteiger charge is 2.45. The van der Waals surface area contributed by atoms with Crippen molar-refractivity contribution in [2.24, 2.45) is 5.73 Å². The van der Waals surface area contributed by atoms with Gasteiger partial charge in [0.2, 0.25) is 0 Å². The van der Waals surface area contributed by atoms with Crippen LogP contribution in [0.3, 0.4) is 0 Å². The molecule has 2 N–H and O–H groups in total. The molecule has 0 atom stereocenters. The van der Waals surface area contributed by atoms with E-state index in [0.717, 1.165) is 31.2 Å². The Bertz CT molecular complexity index is 345. The summed E-state index contributed by atoms with van der Waals surface area (Å²) in [5.74, 6) is 1.97. The number of hydrogen-bond acceptors (Lipinski definition) is 3. The van der Waals surface area contributed by atoms with Crippen LogP contribution in [0.2, 0.25) is 0 Å². The molecule has 0 bridgehead atoms. The van der Waals surface area contributed by atoms with Crippen molar-refractivity contribution in [2.75, 3.05) is 13.2 Å². The highest BCUT2D eigenvalue weighted by molar-refractivity contribution is 5.21. The second-order valence-corrected chi connectivity index (χ2v) is 5.35. The Hall–Kier alpha value is -0.800. The van der Waals surface area contributed by atoms with Gasteiger partial charge in [0.05, 0.1) is 18.6 Å². The lowest BCUT2D eigenvalue weighted by Gasteiger charge is -2.43. The van der Waals surface area contributed by atoms with Crippen LogP contribution in [0.25, 0.3) is 0 Å². The summed E-state index contributed by atoms with van der Waals surface area (Å²) in [6.07, 6.45) is 0.896. The first kappa shape index (κ1) is 10.7. The molecule has 0 saturated carbocycles. The maximum Gasteiger partial charge on any atom is 0.115 e. The summed E-state index contributed by atoms with van der Waals surface area (Å²) >= 11 is 0. The molecule has 0 radical (unpaired) electrons. The molecule has 0 aromatic carbocycles. The zero-order valence-electron chi connectivity index (χ0n) is 9.67. The zero-order valence-corrected chi connectivity index (χ0v) is 9.67. The Balaban J connectivity index is 2.22. The summed E-state index contributed by atoms with van der Waals surface area (Å²) in [6, 6.07) is 4.04. The summed E-state index contributed by atoms with van der Waals surface area (Å²) in [5.41, 5.74) is 5.89. The Labute approximate surface area is 90.6 Å². The first-order valence-corrected chi connectivity index (χ1v) is 5.35. The van der Waals surface area contributed by atoms with Crippen LogP contribution in [0, 0.1) is 6.92 Å². The first-order chi connectivity index (χ1) is 6.91. The molecular formula is C12H19NO2. The van der Waals surface area contributed by atoms with Gasteiger partial charge in [0, 0.05) is 5.54 Å². The number of rotatable bonds is 3. The van der Waals surface area contributed by atoms with Crippen LogP contribution < -0.4 is 5.73 Å². The Kier molecular flexibility index (Phi) is 2.40. The third-order valence-corrected chi connectivity index (χ3v) is 2.81. The van der Waals surface area contributed by atoms with Crippen molar-refractivity contribution in [3.63, 3.8) is 0 Å². The van der Waals surface area contributed by atoms with Gasteiger partial charge in [-0.05, 0) is 39.3 Å². The zero-order chi connectivity index (χ0) is 11.1. The Morgan fingerprint density at radius 3 is 2.40 bits per heavy atom. The van der Waals surface area contributed by atoms with E-state index >= 15 is 0 Å². The van der Waals surface area contributed by atoms with Crippen LogP contribution in [-0.4, -0.2) is 18.8 Å². The van der Waals surface area contributed by atoms with Crippen LogP contribution >= 0.6 is 0 Å². The van der Waals surface area contributed by atoms with E-state index in [0.29, 0.717) is 0 Å². The second-order valence-electron chi connectivity index (χ2n) is 5.35. The lowest BCUT2D eigenvalue weighted by Crippen LogP contribution is -2.53. The molecule has 0 aliphatic carbocycles. The van der Waals surface area contributed by atoms with Gasteiger partial charge in [0.25, 0.3) is 0 Å². The van der Waals surface area contributed by atoms with Crippen molar-refractivity contribution < 1.29 is 9.15 Å². The van der Waals surface area contributed by atoms with Gasteiger partial charge in [-0.3, -0.25) is 0 Å². The number of furan rings is 1. The van der Waals surface area contributed by atoms with Crippen molar-refractivity contribution in [3.05, 3.63) is 23.7 Å². The molecular weight excluding hydrogens is 190 g/mol. The monoisotopic (exact) mass is 209 g/mol. The van der Waals surface area contributed by atoms with Gasteiger partial charge >= 0.3 is 0 Å². The van der Waals surface area contributed by atoms with Gasteiger partial charge < -0.3 is 14.9 Å². The van der Waals surface area contributed by atoms with Crippen LogP contribution in [-0.2, 0) is 10.2 Å². The molecule has 1 fully saturated rings. The van der Waals surface area contributed by atoms with E-state index in [-0.39, 0.29) is 11.0 Å². The lowest BCUT2D eigenvalue weighted by atomic mass is 9.74. The predicted molar refractivity (Wildman–Crippen MR) is 58.8 cm³/mol. The minimum atomic E-state index is -0.190. The van der Waals surface area contributed by atoms with E-state index < -0.39 is 0 Å². The molecule has 1 aliphatic rings. The van der Waals surface area contributed by atoms with Gasteiger partial charge in [-0.15, -0.1) is 0 Å². The number of ether oxygens (including phenoxy) is 1. The topological polar surface area (TPSA) is 48.4 Å². The van der Waals surface area contributed by atoms with Crippen molar-refractivity contribution in [1.82, 2.24) is 0 Å². The fraction of sp³-hybridized carbons (Fsp3) is 0.667. The first-order valence-electron chi connectivity index (χ1n) is 5.35. The normalized spacial score (nSPS) is 20.0. The van der Waals surface area contributed by atoms with Gasteiger partial charge in [0.1, 0.15) is 11.5 Å². The summed E-state index contributed by atoms with van der Waals surface area (Å²) in [4.78, 5) is 0. The third kappa shape index (κ3) is 2.08. The summed E-state index contributed by atoms with van der Waals surface area (Å²) < 4.78 is 11.0. The summed E-state index contributed by atoms with van der Waals surface area (Å²) in [6.45, 7) is 7.50. The fourth-order valence-electron chi connectivity index (χ4n) is 2.27. The third-order valence-electron chi connectivity index (χ3n) is 2.81. The van der Waals surface area contributed by atoms with Crippen molar-refractivity contribution >= 4 is 0 Å². The molecule has 84 valence electrons. The average molecular weight is 209 g/mol. The molecule has 3 nitrogen and oxygen atoms in total. The van der Waals surface area contributed by atoms with E-state index in [9.17, 15) is 0 Å². The second kappa shape index (κ2) is 3.35. The van der Waals surface area contributed by atoms with E-state index in [1.54, 1.807) is 0 Å². The van der Waals surface area contributed by atoms with E-state index in [2.05, 4.69) is 0 Å². The number of aryl methyl sites for hydroxylation is 1. The fourth-order valence-corrected chi connectivity index (χ4v) is 2.27. The minimum absolute atomic E-state index is 0.00646. The van der Waals surface area contributed by atoms with Crippen LogP contribution in [0.15, 0.2) is 16.5 Å². The maximum absolute atomic E-state index is 6.08. The smallest absolute Gasteiger partial charge is 0.115 e. The van der Waals surface area contributed by atoms with Crippen molar-refractivity contribution in [2.45, 2.75) is 38.1 Å². The molecule has 2 heterocycles. The number of nitrogens with two attached hydrogens (primary N) is 1. The van der Waals surface area contributed by atoms with Crippen molar-refractivity contribution in [3.8, 4) is 0 Å². The van der Waals surface area contributed by atoms with Gasteiger partial charge in [0.15, 0.2) is 0 Å². The molecule has 3 heteroatoms. The largest absolute Gasteiger partial charge is 0.466 e. The Morgan fingerprint density at radius 2 is 2.07 bits per heavy atom. The molecule has 0 amide bonds. The van der Waals surface area contributed by atoms with E-state index in [1.807, 2.05) is 32.9 Å². The summed E-state index contributed by atoms with van der Waals surface area (Å²) in [5, 5.41) is 0. The summed E-state index contributed by atoms with van der Waals surface area (Å²) in [7, 11) is 0. The van der Waals surface area contributed by atoms with Crippen molar-refractivity contribution in [1.29, 1.82) is 0 Å². The molecule has 1 aliphatic heterocycles. The standard InChI is InChI=1S/C12H19NO2/c1-9-4-5-10(15-9)12(7-14-8-12)6-11(2,3)13/h4-5H,6-8,13H2,1-3H3. The number of hydrogen-bond donors (Lipinski definition) is 1. The highest BCUT2D eigenvalue weighted by atomic mass is 16.5. The predicted octanol–water partition coefficient (Wildman–Crippen LogP) is 1.98. The average Bonchev–Trinajstić information content (AvgIpc) is 2.42. The molecule has 1 saturated heterocycles.